The molecule has 2 aromatic heterocycles. The number of piperidine rings is 1. The smallest absolute Gasteiger partial charge is 0.282 e. The third-order valence-electron chi connectivity index (χ3n) is 8.56. The van der Waals surface area contributed by atoms with E-state index < -0.39 is 0 Å². The lowest BCUT2D eigenvalue weighted by Crippen LogP contribution is -2.52. The second kappa shape index (κ2) is 10.7. The van der Waals surface area contributed by atoms with Gasteiger partial charge in [0, 0.05) is 61.9 Å². The Morgan fingerprint density at radius 3 is 2.74 bits per heavy atom. The Balaban J connectivity index is 1.01. The fourth-order valence-electron chi connectivity index (χ4n) is 5.96. The van der Waals surface area contributed by atoms with Crippen molar-refractivity contribution in [2.75, 3.05) is 39.5 Å². The minimum Gasteiger partial charge on any atom is -0.477 e. The van der Waals surface area contributed by atoms with Crippen LogP contribution in [0.15, 0.2) is 12.3 Å². The topological polar surface area (TPSA) is 121 Å². The van der Waals surface area contributed by atoms with Crippen LogP contribution in [0.25, 0.3) is 0 Å². The van der Waals surface area contributed by atoms with E-state index in [1.807, 2.05) is 15.9 Å². The summed E-state index contributed by atoms with van der Waals surface area (Å²) in [6, 6.07) is 2.52. The van der Waals surface area contributed by atoms with E-state index in [4.69, 9.17) is 14.5 Å². The van der Waals surface area contributed by atoms with Gasteiger partial charge in [0.1, 0.15) is 0 Å². The van der Waals surface area contributed by atoms with Crippen LogP contribution in [-0.2, 0) is 17.7 Å². The van der Waals surface area contributed by atoms with Crippen LogP contribution in [0.3, 0.4) is 0 Å². The average molecular weight is 554 g/mol. The normalized spacial score (nSPS) is 25.3. The Bertz CT molecular complexity index is 1240. The molecule has 2 amide bonds. The molecule has 5 aliphatic rings. The molecule has 7 rings (SSSR count). The molecule has 1 saturated carbocycles. The highest BCUT2D eigenvalue weighted by Gasteiger charge is 2.36. The van der Waals surface area contributed by atoms with Crippen LogP contribution in [-0.4, -0.2) is 83.1 Å². The van der Waals surface area contributed by atoms with Gasteiger partial charge in [0.25, 0.3) is 11.8 Å². The van der Waals surface area contributed by atoms with Crippen molar-refractivity contribution in [2.45, 2.75) is 63.1 Å². The number of rotatable bonds is 6. The fourth-order valence-corrected chi connectivity index (χ4v) is 7.06. The first-order valence-electron chi connectivity index (χ1n) is 14.2. The Morgan fingerprint density at radius 1 is 1.05 bits per heavy atom. The number of pyridine rings is 1. The van der Waals surface area contributed by atoms with Crippen LogP contribution >= 0.6 is 11.3 Å². The number of fused-ring (bicyclic) bond motifs is 2. The molecule has 0 radical (unpaired) electrons. The zero-order valence-electron chi connectivity index (χ0n) is 22.0. The maximum Gasteiger partial charge on any atom is 0.282 e. The molecule has 39 heavy (non-hydrogen) atoms. The summed E-state index contributed by atoms with van der Waals surface area (Å²) in [5.41, 5.74) is 12.0. The molecule has 0 spiro atoms. The molecule has 11 nitrogen and oxygen atoms in total. The molecule has 12 heteroatoms. The molecular formula is C27H35N7O4S. The number of nitrogens with zero attached hydrogens (tertiary/aromatic N) is 4. The SMILES string of the molecule is O=C(c1cnc(OCC2CCOCC2)c(C2CC2)c1)N1CCc2nc(C(=O)N3CCC4NNNC4C3)sc2C1. The summed E-state index contributed by atoms with van der Waals surface area (Å²) >= 11 is 1.43. The van der Waals surface area contributed by atoms with Gasteiger partial charge in [0.05, 0.1) is 30.5 Å². The summed E-state index contributed by atoms with van der Waals surface area (Å²) in [6.45, 7) is 4.64. The number of nitrogens with one attached hydrogen (secondary N) is 3. The van der Waals surface area contributed by atoms with Crippen LogP contribution in [0.1, 0.15) is 74.3 Å². The molecule has 2 unspecified atom stereocenters. The van der Waals surface area contributed by atoms with E-state index in [0.29, 0.717) is 73.5 Å². The molecule has 0 aromatic carbocycles. The van der Waals surface area contributed by atoms with E-state index in [-0.39, 0.29) is 17.9 Å². The molecule has 2 atom stereocenters. The number of likely N-dealkylation sites (tertiary alicyclic amines) is 1. The van der Waals surface area contributed by atoms with Gasteiger partial charge >= 0.3 is 0 Å². The van der Waals surface area contributed by atoms with Crippen molar-refractivity contribution in [1.29, 1.82) is 0 Å². The van der Waals surface area contributed by atoms with Crippen molar-refractivity contribution < 1.29 is 19.1 Å². The minimum atomic E-state index is -0.0262. The summed E-state index contributed by atoms with van der Waals surface area (Å²) in [5, 5.41) is 0.524. The van der Waals surface area contributed by atoms with Crippen LogP contribution in [0, 0.1) is 5.92 Å². The predicted molar refractivity (Wildman–Crippen MR) is 143 cm³/mol. The van der Waals surface area contributed by atoms with Crippen LogP contribution in [0.5, 0.6) is 5.88 Å². The maximum absolute atomic E-state index is 13.5. The number of carbonyl (C=O) groups is 2. The molecule has 208 valence electrons. The molecule has 2 aromatic rings. The highest BCUT2D eigenvalue weighted by Crippen LogP contribution is 2.44. The number of carbonyl (C=O) groups excluding carboxylic acids is 2. The molecule has 1 aliphatic carbocycles. The Hall–Kier alpha value is -2.64. The highest BCUT2D eigenvalue weighted by molar-refractivity contribution is 7.13. The molecule has 6 heterocycles. The average Bonchev–Trinajstić information content (AvgIpc) is 3.56. The van der Waals surface area contributed by atoms with E-state index in [1.165, 1.54) is 11.3 Å². The summed E-state index contributed by atoms with van der Waals surface area (Å²) in [7, 11) is 0. The number of hydrazine groups is 2. The summed E-state index contributed by atoms with van der Waals surface area (Å²) in [6.07, 6.45) is 7.46. The third kappa shape index (κ3) is 5.28. The van der Waals surface area contributed by atoms with Gasteiger partial charge in [-0.05, 0) is 50.0 Å². The first-order chi connectivity index (χ1) is 19.1. The fraction of sp³-hybridized carbons (Fsp3) is 0.630. The summed E-state index contributed by atoms with van der Waals surface area (Å²) < 4.78 is 11.6. The lowest BCUT2D eigenvalue weighted by Gasteiger charge is -2.33. The minimum absolute atomic E-state index is 0.0194. The predicted octanol–water partition coefficient (Wildman–Crippen LogP) is 1.61. The van der Waals surface area contributed by atoms with E-state index in [0.717, 1.165) is 61.5 Å². The van der Waals surface area contributed by atoms with Gasteiger partial charge in [-0.15, -0.1) is 11.3 Å². The Morgan fingerprint density at radius 2 is 1.90 bits per heavy atom. The number of hydrogen-bond donors (Lipinski definition) is 3. The van der Waals surface area contributed by atoms with Gasteiger partial charge in [0.2, 0.25) is 5.88 Å². The number of ether oxygens (including phenoxy) is 2. The number of aromatic nitrogens is 2. The van der Waals surface area contributed by atoms with Gasteiger partial charge in [-0.3, -0.25) is 9.59 Å². The van der Waals surface area contributed by atoms with Crippen LogP contribution < -0.4 is 21.1 Å². The lowest BCUT2D eigenvalue weighted by atomic mass is 10.0. The van der Waals surface area contributed by atoms with E-state index in [1.54, 1.807) is 6.20 Å². The van der Waals surface area contributed by atoms with Crippen LogP contribution in [0.4, 0.5) is 0 Å². The molecule has 3 N–H and O–H groups in total. The first kappa shape index (κ1) is 25.3. The van der Waals surface area contributed by atoms with Crippen molar-refractivity contribution in [3.63, 3.8) is 0 Å². The quantitative estimate of drug-likeness (QED) is 0.490. The highest BCUT2D eigenvalue weighted by atomic mass is 32.1. The van der Waals surface area contributed by atoms with Gasteiger partial charge < -0.3 is 19.3 Å². The Kier molecular flexibility index (Phi) is 6.97. The van der Waals surface area contributed by atoms with Gasteiger partial charge in [-0.1, -0.05) is 0 Å². The van der Waals surface area contributed by atoms with E-state index >= 15 is 0 Å². The van der Waals surface area contributed by atoms with Crippen molar-refractivity contribution >= 4 is 23.2 Å². The van der Waals surface area contributed by atoms with Crippen molar-refractivity contribution in [3.05, 3.63) is 39.0 Å². The zero-order valence-corrected chi connectivity index (χ0v) is 22.8. The Labute approximate surface area is 231 Å². The van der Waals surface area contributed by atoms with E-state index in [2.05, 4.69) is 21.4 Å². The van der Waals surface area contributed by atoms with Gasteiger partial charge in [0.15, 0.2) is 5.01 Å². The molecular weight excluding hydrogens is 518 g/mol. The third-order valence-corrected chi connectivity index (χ3v) is 9.63. The van der Waals surface area contributed by atoms with Crippen molar-refractivity contribution in [3.8, 4) is 5.88 Å². The van der Waals surface area contributed by atoms with Gasteiger partial charge in [-0.25, -0.2) is 20.8 Å². The van der Waals surface area contributed by atoms with Gasteiger partial charge in [-0.2, -0.15) is 5.53 Å². The second-order valence-electron chi connectivity index (χ2n) is 11.3. The molecule has 4 aliphatic heterocycles. The molecule has 3 saturated heterocycles. The monoisotopic (exact) mass is 553 g/mol. The summed E-state index contributed by atoms with van der Waals surface area (Å²) in [5.74, 6) is 1.55. The number of thiazole rings is 1. The standard InChI is InChI=1S/C27H35N7O4S/c35-26(18-11-19(17-1-2-17)24(28-12-18)38-15-16-5-9-37-10-6-16)34-8-4-21-23(14-34)39-25(29-21)27(36)33-7-3-20-22(13-33)31-32-30-20/h11-12,16-17,20,22,30-32H,1-10,13-15H2. The van der Waals surface area contributed by atoms with Crippen LogP contribution in [0.2, 0.25) is 0 Å². The van der Waals surface area contributed by atoms with Crippen molar-refractivity contribution in [2.24, 2.45) is 5.92 Å². The number of amides is 2. The zero-order chi connectivity index (χ0) is 26.3. The molecule has 4 fully saturated rings. The maximum atomic E-state index is 13.5. The van der Waals surface area contributed by atoms with Crippen molar-refractivity contribution in [1.82, 2.24) is 36.2 Å². The molecule has 0 bridgehead atoms. The van der Waals surface area contributed by atoms with E-state index in [9.17, 15) is 9.59 Å². The first-order valence-corrected chi connectivity index (χ1v) is 15.0. The second-order valence-corrected chi connectivity index (χ2v) is 12.4. The number of hydrogen-bond acceptors (Lipinski definition) is 10. The largest absolute Gasteiger partial charge is 0.477 e. The lowest BCUT2D eigenvalue weighted by molar-refractivity contribution is 0.0488. The summed E-state index contributed by atoms with van der Waals surface area (Å²) in [4.78, 5) is 40.8.